The van der Waals surface area contributed by atoms with Crippen molar-refractivity contribution in [2.24, 2.45) is 56.7 Å². The molecule has 2 N–H and O–H groups in total. The number of allylic oxidation sites excluding steroid dienone is 5. The maximum absolute atomic E-state index is 14.0. The monoisotopic (exact) mass is 738 g/mol. The molecule has 0 amide bonds. The standard InChI is InChI=1S/C44H67FN2O4S/c1-28(2)32-12-19-44(46-22-23-47-25-31-24-30(47)26-52(31,50)51)21-20-41(6)34(37(32)44)8-9-36-40(5)15-13-33(39(3,4)35(40)14-16-42(36,41)7)29-10-17-43(27-45,18-11-29)38(48)49/h10,13,30-32,34-37,46H,1,8-9,11-12,14-27H2,2-7H3,(H,48,49)/t30-,31-,32-,34+,35-,36+,37+,40-,41+,42+,43?,44-/m0/s1. The van der Waals surface area contributed by atoms with E-state index in [2.05, 4.69) is 70.5 Å². The van der Waals surface area contributed by atoms with Crippen molar-refractivity contribution >= 4 is 15.8 Å². The number of sulfone groups is 1. The van der Waals surface area contributed by atoms with Crippen LogP contribution in [0.3, 0.4) is 0 Å². The van der Waals surface area contributed by atoms with E-state index in [0.29, 0.717) is 48.2 Å². The number of rotatable bonds is 8. The van der Waals surface area contributed by atoms with Crippen molar-refractivity contribution < 1.29 is 22.7 Å². The molecule has 2 aliphatic heterocycles. The summed E-state index contributed by atoms with van der Waals surface area (Å²) in [6, 6.07) is 0.214. The van der Waals surface area contributed by atoms with Gasteiger partial charge in [-0.2, -0.15) is 0 Å². The summed E-state index contributed by atoms with van der Waals surface area (Å²) in [6.07, 6.45) is 17.8. The Morgan fingerprint density at radius 2 is 1.75 bits per heavy atom. The second kappa shape index (κ2) is 12.2. The normalized spacial score (nSPS) is 48.9. The number of halogens is 1. The Hall–Kier alpha value is -1.51. The van der Waals surface area contributed by atoms with E-state index in [0.717, 1.165) is 32.5 Å². The molecule has 0 aromatic carbocycles. The number of likely N-dealkylation sites (tertiary alicyclic amines) is 1. The summed E-state index contributed by atoms with van der Waals surface area (Å²) >= 11 is 0. The average molecular weight is 739 g/mol. The fourth-order valence-electron chi connectivity index (χ4n) is 15.6. The molecule has 0 radical (unpaired) electrons. The van der Waals surface area contributed by atoms with Gasteiger partial charge in [0.05, 0.1) is 16.4 Å². The number of aliphatic carboxylic acids is 1. The molecule has 2 heterocycles. The lowest BCUT2D eigenvalue weighted by atomic mass is 9.33. The minimum atomic E-state index is -2.87. The summed E-state index contributed by atoms with van der Waals surface area (Å²) in [5, 5.41) is 13.9. The first-order valence-electron chi connectivity index (χ1n) is 20.9. The maximum Gasteiger partial charge on any atom is 0.312 e. The van der Waals surface area contributed by atoms with Crippen LogP contribution in [0, 0.1) is 56.7 Å². The summed E-state index contributed by atoms with van der Waals surface area (Å²) in [6.45, 7) is 21.6. The highest BCUT2D eigenvalue weighted by molar-refractivity contribution is 7.92. The number of carboxylic acids is 1. The molecule has 1 unspecified atom stereocenters. The number of hydrogen-bond acceptors (Lipinski definition) is 5. The van der Waals surface area contributed by atoms with Crippen LogP contribution in [0.15, 0.2) is 35.5 Å². The number of carboxylic acid groups (broad SMARTS) is 1. The molecule has 2 saturated heterocycles. The van der Waals surface area contributed by atoms with Crippen LogP contribution < -0.4 is 5.32 Å². The first kappa shape index (κ1) is 37.4. The zero-order valence-electron chi connectivity index (χ0n) is 33.0. The van der Waals surface area contributed by atoms with Crippen LogP contribution in [0.1, 0.15) is 125 Å². The zero-order valence-corrected chi connectivity index (χ0v) is 33.9. The number of carbonyl (C=O) groups is 1. The van der Waals surface area contributed by atoms with Gasteiger partial charge in [0.25, 0.3) is 0 Å². The Labute approximate surface area is 313 Å². The van der Waals surface area contributed by atoms with E-state index < -0.39 is 27.9 Å². The van der Waals surface area contributed by atoms with E-state index in [-0.39, 0.29) is 44.9 Å². The Balaban J connectivity index is 1.04. The van der Waals surface area contributed by atoms with E-state index in [9.17, 15) is 22.7 Å². The van der Waals surface area contributed by atoms with Crippen molar-refractivity contribution in [1.82, 2.24) is 10.2 Å². The van der Waals surface area contributed by atoms with Gasteiger partial charge in [0, 0.05) is 31.2 Å². The van der Waals surface area contributed by atoms with Crippen molar-refractivity contribution in [2.75, 3.05) is 32.1 Å². The highest BCUT2D eigenvalue weighted by Gasteiger charge is 2.70. The molecule has 0 spiro atoms. The van der Waals surface area contributed by atoms with Gasteiger partial charge in [0.15, 0.2) is 9.84 Å². The molecule has 8 aliphatic rings. The highest BCUT2D eigenvalue weighted by Crippen LogP contribution is 2.76. The van der Waals surface area contributed by atoms with Crippen LogP contribution in [-0.2, 0) is 14.6 Å². The van der Waals surface area contributed by atoms with E-state index in [1.807, 2.05) is 0 Å². The second-order valence-corrected chi connectivity index (χ2v) is 23.1. The van der Waals surface area contributed by atoms with Crippen LogP contribution >= 0.6 is 0 Å². The van der Waals surface area contributed by atoms with Gasteiger partial charge in [-0.1, -0.05) is 58.9 Å². The largest absolute Gasteiger partial charge is 0.481 e. The minimum absolute atomic E-state index is 0.0159. The maximum atomic E-state index is 14.0. The van der Waals surface area contributed by atoms with Gasteiger partial charge in [0.2, 0.25) is 0 Å². The molecule has 0 aromatic heterocycles. The molecule has 8 rings (SSSR count). The number of alkyl halides is 1. The van der Waals surface area contributed by atoms with Gasteiger partial charge in [-0.05, 0) is 153 Å². The molecule has 0 aromatic rings. The van der Waals surface area contributed by atoms with E-state index in [1.165, 1.54) is 68.1 Å². The Morgan fingerprint density at radius 3 is 2.37 bits per heavy atom. The molecule has 6 nitrogen and oxygen atoms in total. The Kier molecular flexibility index (Phi) is 8.81. The lowest BCUT2D eigenvalue weighted by Crippen LogP contribution is -2.68. The average Bonchev–Trinajstić information content (AvgIpc) is 3.75. The predicted octanol–water partition coefficient (Wildman–Crippen LogP) is 8.54. The van der Waals surface area contributed by atoms with Gasteiger partial charge < -0.3 is 10.4 Å². The second-order valence-electron chi connectivity index (χ2n) is 20.8. The van der Waals surface area contributed by atoms with Crippen LogP contribution in [0.5, 0.6) is 0 Å². The van der Waals surface area contributed by atoms with Crippen molar-refractivity contribution in [3.63, 3.8) is 0 Å². The van der Waals surface area contributed by atoms with E-state index >= 15 is 0 Å². The smallest absolute Gasteiger partial charge is 0.312 e. The summed E-state index contributed by atoms with van der Waals surface area (Å²) in [4.78, 5) is 14.4. The number of nitrogens with one attached hydrogen (secondary N) is 1. The summed E-state index contributed by atoms with van der Waals surface area (Å²) in [5.74, 6) is 2.36. The Morgan fingerprint density at radius 1 is 0.981 bits per heavy atom. The Bertz CT molecular complexity index is 1690. The molecular formula is C44H67FN2O4S. The predicted molar refractivity (Wildman–Crippen MR) is 206 cm³/mol. The molecule has 12 atom stereocenters. The molecule has 290 valence electrons. The minimum Gasteiger partial charge on any atom is -0.481 e. The number of hydrogen-bond donors (Lipinski definition) is 2. The van der Waals surface area contributed by atoms with Crippen LogP contribution in [0.2, 0.25) is 0 Å². The SMILES string of the molecule is C=C(C)[C@@H]1CC[C@]2(NCCN3C[C@@H]4C[C@H]3CS4(=O)=O)CC[C@]3(C)[C@H](CC[C@@H]4[C@@]5(C)CC=C(C6=CCC(CF)(C(=O)O)CC6)C(C)(C)[C@@H]5CC[C@]43C)[C@@H]12. The van der Waals surface area contributed by atoms with Crippen LogP contribution in [0.4, 0.5) is 4.39 Å². The lowest BCUT2D eigenvalue weighted by molar-refractivity contribution is -0.221. The zero-order chi connectivity index (χ0) is 37.3. The summed E-state index contributed by atoms with van der Waals surface area (Å²) < 4.78 is 38.8. The van der Waals surface area contributed by atoms with Crippen LogP contribution in [0.25, 0.3) is 0 Å². The molecule has 6 aliphatic carbocycles. The van der Waals surface area contributed by atoms with Crippen LogP contribution in [-0.4, -0.2) is 73.3 Å². The summed E-state index contributed by atoms with van der Waals surface area (Å²) in [5.41, 5.74) is 3.61. The third-order valence-electron chi connectivity index (χ3n) is 18.6. The van der Waals surface area contributed by atoms with Crippen molar-refractivity contribution in [3.05, 3.63) is 35.5 Å². The third kappa shape index (κ3) is 5.10. The third-order valence-corrected chi connectivity index (χ3v) is 20.8. The van der Waals surface area contributed by atoms with Gasteiger partial charge >= 0.3 is 5.97 Å². The van der Waals surface area contributed by atoms with Gasteiger partial charge in [-0.25, -0.2) is 12.8 Å². The van der Waals surface area contributed by atoms with E-state index in [4.69, 9.17) is 0 Å². The first-order chi connectivity index (χ1) is 24.4. The lowest BCUT2D eigenvalue weighted by Gasteiger charge is -2.72. The first-order valence-corrected chi connectivity index (χ1v) is 22.6. The fourth-order valence-corrected chi connectivity index (χ4v) is 17.7. The number of nitrogens with zero attached hydrogens (tertiary/aromatic N) is 1. The van der Waals surface area contributed by atoms with Crippen molar-refractivity contribution in [3.8, 4) is 0 Å². The van der Waals surface area contributed by atoms with Gasteiger partial charge in [-0.3, -0.25) is 9.69 Å². The molecule has 4 saturated carbocycles. The fraction of sp³-hybridized carbons (Fsp3) is 0.841. The van der Waals surface area contributed by atoms with Crippen molar-refractivity contribution in [2.45, 2.75) is 142 Å². The highest BCUT2D eigenvalue weighted by atomic mass is 32.2. The molecule has 52 heavy (non-hydrogen) atoms. The van der Waals surface area contributed by atoms with Gasteiger partial charge in [0.1, 0.15) is 6.67 Å². The quantitative estimate of drug-likeness (QED) is 0.243. The topological polar surface area (TPSA) is 86.7 Å². The molecule has 8 heteroatoms. The summed E-state index contributed by atoms with van der Waals surface area (Å²) in [7, 11) is -2.87. The molecular weight excluding hydrogens is 672 g/mol. The molecule has 2 bridgehead atoms. The molecule has 6 fully saturated rings. The van der Waals surface area contributed by atoms with E-state index in [1.54, 1.807) is 0 Å². The van der Waals surface area contributed by atoms with Gasteiger partial charge in [-0.15, -0.1) is 0 Å². The number of fused-ring (bicyclic) bond motifs is 9. The van der Waals surface area contributed by atoms with Crippen molar-refractivity contribution in [1.29, 1.82) is 0 Å².